The van der Waals surface area contributed by atoms with Crippen LogP contribution in [0.5, 0.6) is 11.5 Å². The monoisotopic (exact) mass is 900 g/mol. The minimum atomic E-state index is -0.0737. The summed E-state index contributed by atoms with van der Waals surface area (Å²) in [4.78, 5) is 5.03. The maximum absolute atomic E-state index is 6.93. The van der Waals surface area contributed by atoms with Crippen molar-refractivity contribution in [1.29, 1.82) is 0 Å². The van der Waals surface area contributed by atoms with Gasteiger partial charge in [0, 0.05) is 28.4 Å². The molecule has 4 aromatic heterocycles. The number of benzene rings is 9. The summed E-state index contributed by atoms with van der Waals surface area (Å²) >= 11 is 0. The Morgan fingerprint density at radius 2 is 1.17 bits per heavy atom. The Hall–Kier alpha value is -9.00. The van der Waals surface area contributed by atoms with Gasteiger partial charge in [-0.25, -0.2) is 4.98 Å². The second kappa shape index (κ2) is 15.3. The zero-order chi connectivity index (χ0) is 46.7. The van der Waals surface area contributed by atoms with Gasteiger partial charge in [0.1, 0.15) is 28.5 Å². The van der Waals surface area contributed by atoms with Crippen molar-refractivity contribution in [1.82, 2.24) is 14.1 Å². The summed E-state index contributed by atoms with van der Waals surface area (Å²) in [5, 5.41) is 4.36. The van der Waals surface area contributed by atoms with Crippen molar-refractivity contribution in [3.8, 4) is 73.2 Å². The van der Waals surface area contributed by atoms with Crippen LogP contribution in [0.25, 0.3) is 116 Å². The lowest BCUT2D eigenvalue weighted by Gasteiger charge is -2.20. The third-order valence-electron chi connectivity index (χ3n) is 14.1. The van der Waals surface area contributed by atoms with E-state index in [-0.39, 0.29) is 5.41 Å². The lowest BCUT2D eigenvalue weighted by molar-refractivity contribution is -0.570. The van der Waals surface area contributed by atoms with Gasteiger partial charge in [0.15, 0.2) is 0 Å². The number of rotatable bonds is 5. The summed E-state index contributed by atoms with van der Waals surface area (Å²) in [6.07, 6.45) is 5.85. The number of fused-ring (bicyclic) bond motifs is 14. The van der Waals surface area contributed by atoms with Crippen LogP contribution in [0.2, 0.25) is 0 Å². The van der Waals surface area contributed by atoms with E-state index in [1.807, 2.05) is 24.4 Å². The minimum absolute atomic E-state index is 0.0737. The second-order valence-corrected chi connectivity index (χ2v) is 19.3. The van der Waals surface area contributed by atoms with E-state index in [9.17, 15) is 0 Å². The van der Waals surface area contributed by atoms with Gasteiger partial charge in [0.2, 0.25) is 0 Å². The largest absolute Gasteiger partial charge is 0.458 e. The van der Waals surface area contributed by atoms with Crippen molar-refractivity contribution in [2.24, 2.45) is 0 Å². The standard InChI is InChI=1S/C64H44N4O2/c1-64(2,3)41-34-35-65-59(36-41)68-56-38-44(30-31-50(56)53-32-33-58-60(63(53)68)54-24-11-12-29-57(54)70-58)69-43-19-13-18-42(37-43)66-39-67-61-45(40-16-5-4-6-17-40)25-14-26-51(61)48-22-9-7-20-46(48)47-21-8-10-23-49(47)52-27-15-28-55(66)62(52)67/h4-38H,1-3H3. The molecule has 0 saturated carbocycles. The highest BCUT2D eigenvalue weighted by molar-refractivity contribution is 6.24. The lowest BCUT2D eigenvalue weighted by Crippen LogP contribution is -2.32. The Balaban J connectivity index is 0.957. The summed E-state index contributed by atoms with van der Waals surface area (Å²) < 4.78 is 20.1. The molecule has 13 aromatic rings. The Labute approximate surface area is 404 Å². The number of pyridine rings is 1. The summed E-state index contributed by atoms with van der Waals surface area (Å²) in [7, 11) is 0. The van der Waals surface area contributed by atoms with E-state index in [1.54, 1.807) is 0 Å². The quantitative estimate of drug-likeness (QED) is 0.128. The molecule has 0 spiro atoms. The Kier molecular flexibility index (Phi) is 8.74. The highest BCUT2D eigenvalue weighted by atomic mass is 16.5. The van der Waals surface area contributed by atoms with Gasteiger partial charge in [0.25, 0.3) is 6.33 Å². The van der Waals surface area contributed by atoms with Crippen LogP contribution in [-0.4, -0.2) is 14.1 Å². The number of hydrogen-bond donors (Lipinski definition) is 0. The molecule has 0 aliphatic carbocycles. The molecule has 0 fully saturated rings. The van der Waals surface area contributed by atoms with Crippen molar-refractivity contribution in [3.63, 3.8) is 0 Å². The van der Waals surface area contributed by atoms with Gasteiger partial charge in [-0.2, -0.15) is 0 Å². The van der Waals surface area contributed by atoms with E-state index in [0.717, 1.165) is 94.2 Å². The smallest absolute Gasteiger partial charge is 0.269 e. The molecule has 5 heterocycles. The average molecular weight is 901 g/mol. The van der Waals surface area contributed by atoms with Gasteiger partial charge in [0.05, 0.1) is 38.8 Å². The molecular formula is C64H44N4O2. The van der Waals surface area contributed by atoms with Crippen molar-refractivity contribution in [2.45, 2.75) is 26.2 Å². The van der Waals surface area contributed by atoms with Crippen molar-refractivity contribution < 1.29 is 13.7 Å². The molecule has 6 heteroatoms. The second-order valence-electron chi connectivity index (χ2n) is 19.3. The SMILES string of the molecule is CC(C)(C)c1ccnc(-n2c3cc(Oc4cccc(-n5[c-][n+]6c7c(cccc75)-c5ccccc5-c5ccccc5-c5cccc(-c7ccccc7)c5-6)c4)ccc3c3ccc4oc5ccccc5c4c32)c1. The molecule has 14 rings (SSSR count). The first-order valence-corrected chi connectivity index (χ1v) is 23.9. The fourth-order valence-corrected chi connectivity index (χ4v) is 10.9. The maximum Gasteiger partial charge on any atom is 0.269 e. The predicted molar refractivity (Wildman–Crippen MR) is 284 cm³/mol. The molecule has 70 heavy (non-hydrogen) atoms. The molecule has 0 radical (unpaired) electrons. The fraction of sp³-hybridized carbons (Fsp3) is 0.0625. The zero-order valence-electron chi connectivity index (χ0n) is 38.8. The number of ether oxygens (including phenoxy) is 1. The van der Waals surface area contributed by atoms with Gasteiger partial charge in [-0.1, -0.05) is 160 Å². The first-order chi connectivity index (χ1) is 34.4. The normalized spacial score (nSPS) is 12.2. The van der Waals surface area contributed by atoms with Crippen LogP contribution in [0, 0.1) is 6.33 Å². The summed E-state index contributed by atoms with van der Waals surface area (Å²) in [6, 6.07) is 73.2. The van der Waals surface area contributed by atoms with Crippen LogP contribution < -0.4 is 9.30 Å². The van der Waals surface area contributed by atoms with Gasteiger partial charge in [-0.05, 0) is 116 Å². The van der Waals surface area contributed by atoms with Crippen molar-refractivity contribution >= 4 is 54.8 Å². The molecule has 9 aromatic carbocycles. The van der Waals surface area contributed by atoms with E-state index < -0.39 is 0 Å². The fourth-order valence-electron chi connectivity index (χ4n) is 10.9. The molecular weight excluding hydrogens is 857 g/mol. The van der Waals surface area contributed by atoms with Crippen molar-refractivity contribution in [3.05, 3.63) is 224 Å². The maximum atomic E-state index is 6.93. The van der Waals surface area contributed by atoms with Gasteiger partial charge in [-0.3, -0.25) is 13.7 Å². The summed E-state index contributed by atoms with van der Waals surface area (Å²) in [5.41, 5.74) is 18.2. The number of aromatic nitrogens is 4. The highest BCUT2D eigenvalue weighted by Crippen LogP contribution is 2.46. The highest BCUT2D eigenvalue weighted by Gasteiger charge is 2.27. The third kappa shape index (κ3) is 6.13. The minimum Gasteiger partial charge on any atom is -0.458 e. The first-order valence-electron chi connectivity index (χ1n) is 23.9. The number of imidazole rings is 1. The number of hydrogen-bond acceptors (Lipinski definition) is 3. The van der Waals surface area contributed by atoms with E-state index >= 15 is 0 Å². The molecule has 0 amide bonds. The van der Waals surface area contributed by atoms with E-state index in [2.05, 4.69) is 229 Å². The summed E-state index contributed by atoms with van der Waals surface area (Å²) in [5.74, 6) is 2.26. The van der Waals surface area contributed by atoms with Gasteiger partial charge >= 0.3 is 0 Å². The van der Waals surface area contributed by atoms with E-state index in [4.69, 9.17) is 14.1 Å². The Morgan fingerprint density at radius 3 is 1.99 bits per heavy atom. The molecule has 6 nitrogen and oxygen atoms in total. The third-order valence-corrected chi connectivity index (χ3v) is 14.1. The van der Waals surface area contributed by atoms with Crippen LogP contribution in [0.1, 0.15) is 26.3 Å². The average Bonchev–Trinajstić information content (AvgIpc) is 4.09. The molecule has 0 atom stereocenters. The van der Waals surface area contributed by atoms with Crippen LogP contribution in [-0.2, 0) is 5.41 Å². The molecule has 0 N–H and O–H groups in total. The first kappa shape index (κ1) is 40.1. The number of nitrogens with zero attached hydrogens (tertiary/aromatic N) is 4. The summed E-state index contributed by atoms with van der Waals surface area (Å²) in [6.45, 7) is 6.72. The van der Waals surface area contributed by atoms with Crippen LogP contribution >= 0.6 is 0 Å². The zero-order valence-corrected chi connectivity index (χ0v) is 38.8. The van der Waals surface area contributed by atoms with Crippen LogP contribution in [0.4, 0.5) is 0 Å². The Morgan fingerprint density at radius 1 is 0.514 bits per heavy atom. The molecule has 0 bridgehead atoms. The van der Waals surface area contributed by atoms with E-state index in [0.29, 0.717) is 11.5 Å². The predicted octanol–water partition coefficient (Wildman–Crippen LogP) is 16.2. The number of furan rings is 1. The van der Waals surface area contributed by atoms with Crippen LogP contribution in [0.15, 0.2) is 217 Å². The number of para-hydroxylation sites is 3. The van der Waals surface area contributed by atoms with Crippen LogP contribution in [0.3, 0.4) is 0 Å². The molecule has 1 aliphatic heterocycles. The van der Waals surface area contributed by atoms with Gasteiger partial charge < -0.3 is 9.15 Å². The Bertz CT molecular complexity index is 4260. The lowest BCUT2D eigenvalue weighted by atomic mass is 9.88. The van der Waals surface area contributed by atoms with Gasteiger partial charge in [-0.15, -0.1) is 0 Å². The molecule has 332 valence electrons. The molecule has 0 saturated heterocycles. The van der Waals surface area contributed by atoms with E-state index in [1.165, 1.54) is 27.8 Å². The topological polar surface area (TPSA) is 49.0 Å². The molecule has 0 unspecified atom stereocenters. The van der Waals surface area contributed by atoms with Crippen molar-refractivity contribution in [2.75, 3.05) is 0 Å². The molecule has 1 aliphatic rings.